The van der Waals surface area contributed by atoms with Crippen molar-refractivity contribution in [2.75, 3.05) is 19.0 Å². The summed E-state index contributed by atoms with van der Waals surface area (Å²) in [6.45, 7) is 2.97. The molecule has 0 spiro atoms. The molecule has 0 saturated carbocycles. The molecule has 23 heavy (non-hydrogen) atoms. The van der Waals surface area contributed by atoms with Gasteiger partial charge in [0.05, 0.1) is 7.11 Å². The highest BCUT2D eigenvalue weighted by molar-refractivity contribution is 5.93. The Balaban J connectivity index is 1.78. The van der Waals surface area contributed by atoms with Crippen molar-refractivity contribution in [2.45, 2.75) is 25.8 Å². The lowest BCUT2D eigenvalue weighted by molar-refractivity contribution is -0.120. The van der Waals surface area contributed by atoms with Crippen molar-refractivity contribution in [1.29, 1.82) is 0 Å². The lowest BCUT2D eigenvalue weighted by Crippen LogP contribution is -2.40. The van der Waals surface area contributed by atoms with Gasteiger partial charge in [-0.3, -0.25) is 4.79 Å². The molecule has 1 aromatic carbocycles. The molecule has 0 radical (unpaired) electrons. The summed E-state index contributed by atoms with van der Waals surface area (Å²) in [5.74, 6) is 0.710. The number of ether oxygens (including phenoxy) is 1. The molecule has 1 fully saturated rings. The number of hydrogen-bond acceptors (Lipinski definition) is 6. The normalized spacial score (nSPS) is 21.0. The van der Waals surface area contributed by atoms with Gasteiger partial charge in [0.15, 0.2) is 0 Å². The summed E-state index contributed by atoms with van der Waals surface area (Å²) in [6, 6.07) is 5.77. The highest BCUT2D eigenvalue weighted by Gasteiger charge is 2.24. The zero-order chi connectivity index (χ0) is 16.2. The number of hydrogen-bond donors (Lipinski definition) is 2. The fraction of sp³-hybridized carbons (Fsp3) is 0.467. The number of carbonyl (C=O) groups excluding carboxylic acids is 1. The van der Waals surface area contributed by atoms with Gasteiger partial charge in [0.2, 0.25) is 5.91 Å². The topological polar surface area (TPSA) is 94.0 Å². The van der Waals surface area contributed by atoms with Gasteiger partial charge in [0, 0.05) is 17.6 Å². The Morgan fingerprint density at radius 3 is 3.04 bits per heavy atom. The van der Waals surface area contributed by atoms with Gasteiger partial charge in [-0.2, -0.15) is 4.68 Å². The molecular formula is C15H20N6O2. The molecule has 2 N–H and O–H groups in total. The molecule has 0 aliphatic carbocycles. The fourth-order valence-corrected chi connectivity index (χ4v) is 2.83. The second kappa shape index (κ2) is 6.74. The van der Waals surface area contributed by atoms with Crippen LogP contribution in [-0.4, -0.2) is 45.8 Å². The standard InChI is InChI=1S/C15H20N6O2/c1-10-7-11(5-6-16-10)15(22)18-12-3-4-14(23-2)13(8-12)21-9-17-19-20-21/h3-4,8-11,16H,5-7H2,1-2H3,(H,18,22)/t10-,11-/m0/s1. The number of methoxy groups -OCH3 is 1. The minimum Gasteiger partial charge on any atom is -0.494 e. The van der Waals surface area contributed by atoms with Gasteiger partial charge in [-0.1, -0.05) is 0 Å². The number of rotatable bonds is 4. The van der Waals surface area contributed by atoms with Gasteiger partial charge in [0.25, 0.3) is 0 Å². The van der Waals surface area contributed by atoms with E-state index in [0.29, 0.717) is 23.2 Å². The molecule has 8 heteroatoms. The van der Waals surface area contributed by atoms with Gasteiger partial charge in [-0.15, -0.1) is 5.10 Å². The Morgan fingerprint density at radius 2 is 2.35 bits per heavy atom. The predicted molar refractivity (Wildman–Crippen MR) is 84.5 cm³/mol. The van der Waals surface area contributed by atoms with Crippen molar-refractivity contribution in [3.8, 4) is 11.4 Å². The molecule has 1 amide bonds. The number of nitrogens with zero attached hydrogens (tertiary/aromatic N) is 4. The Hall–Kier alpha value is -2.48. The van der Waals surface area contributed by atoms with E-state index in [0.717, 1.165) is 19.4 Å². The third kappa shape index (κ3) is 3.48. The molecule has 1 aromatic heterocycles. The first kappa shape index (κ1) is 15.4. The molecule has 2 atom stereocenters. The van der Waals surface area contributed by atoms with Crippen LogP contribution in [0.25, 0.3) is 5.69 Å². The quantitative estimate of drug-likeness (QED) is 0.874. The molecule has 8 nitrogen and oxygen atoms in total. The van der Waals surface area contributed by atoms with Crippen LogP contribution >= 0.6 is 0 Å². The molecular weight excluding hydrogens is 296 g/mol. The summed E-state index contributed by atoms with van der Waals surface area (Å²) < 4.78 is 6.82. The summed E-state index contributed by atoms with van der Waals surface area (Å²) in [6.07, 6.45) is 3.19. The molecule has 1 aliphatic rings. The monoisotopic (exact) mass is 316 g/mol. The Labute approximate surface area is 134 Å². The van der Waals surface area contributed by atoms with Crippen molar-refractivity contribution in [2.24, 2.45) is 5.92 Å². The number of piperidine rings is 1. The minimum absolute atomic E-state index is 0.0323. The summed E-state index contributed by atoms with van der Waals surface area (Å²) in [5, 5.41) is 17.5. The molecule has 1 saturated heterocycles. The van der Waals surface area contributed by atoms with Crippen LogP contribution in [0.1, 0.15) is 19.8 Å². The van der Waals surface area contributed by atoms with E-state index < -0.39 is 0 Å². The van der Waals surface area contributed by atoms with Crippen molar-refractivity contribution < 1.29 is 9.53 Å². The molecule has 2 heterocycles. The van der Waals surface area contributed by atoms with Crippen LogP contribution in [0, 0.1) is 5.92 Å². The van der Waals surface area contributed by atoms with Gasteiger partial charge >= 0.3 is 0 Å². The van der Waals surface area contributed by atoms with Crippen LogP contribution in [0.4, 0.5) is 5.69 Å². The van der Waals surface area contributed by atoms with Crippen molar-refractivity contribution in [3.05, 3.63) is 24.5 Å². The lowest BCUT2D eigenvalue weighted by Gasteiger charge is -2.27. The molecule has 1 aliphatic heterocycles. The maximum Gasteiger partial charge on any atom is 0.227 e. The SMILES string of the molecule is COc1ccc(NC(=O)[C@H]2CCN[C@@H](C)C2)cc1-n1cnnn1. The number of carbonyl (C=O) groups is 1. The second-order valence-electron chi connectivity index (χ2n) is 5.71. The van der Waals surface area contributed by atoms with Crippen LogP contribution in [-0.2, 0) is 4.79 Å². The summed E-state index contributed by atoms with van der Waals surface area (Å²) >= 11 is 0. The highest BCUT2D eigenvalue weighted by atomic mass is 16.5. The maximum absolute atomic E-state index is 12.4. The van der Waals surface area contributed by atoms with Gasteiger partial charge < -0.3 is 15.4 Å². The van der Waals surface area contributed by atoms with E-state index in [1.807, 2.05) is 6.07 Å². The molecule has 2 aromatic rings. The van der Waals surface area contributed by atoms with Gasteiger partial charge in [-0.25, -0.2) is 0 Å². The lowest BCUT2D eigenvalue weighted by atomic mass is 9.92. The Kier molecular flexibility index (Phi) is 4.52. The average molecular weight is 316 g/mol. The van der Waals surface area contributed by atoms with Crippen LogP contribution in [0.3, 0.4) is 0 Å². The van der Waals surface area contributed by atoms with Crippen LogP contribution in [0.15, 0.2) is 24.5 Å². The molecule has 0 bridgehead atoms. The zero-order valence-electron chi connectivity index (χ0n) is 13.2. The maximum atomic E-state index is 12.4. The minimum atomic E-state index is 0.0323. The summed E-state index contributed by atoms with van der Waals surface area (Å²) in [7, 11) is 1.58. The van der Waals surface area contributed by atoms with Crippen molar-refractivity contribution in [1.82, 2.24) is 25.5 Å². The average Bonchev–Trinajstić information content (AvgIpc) is 3.09. The van der Waals surface area contributed by atoms with E-state index in [-0.39, 0.29) is 11.8 Å². The fourth-order valence-electron chi connectivity index (χ4n) is 2.83. The summed E-state index contributed by atoms with van der Waals surface area (Å²) in [4.78, 5) is 12.4. The highest BCUT2D eigenvalue weighted by Crippen LogP contribution is 2.26. The third-order valence-corrected chi connectivity index (χ3v) is 4.04. The zero-order valence-corrected chi connectivity index (χ0v) is 13.2. The van der Waals surface area contributed by atoms with E-state index in [1.54, 1.807) is 19.2 Å². The number of anilines is 1. The number of benzene rings is 1. The van der Waals surface area contributed by atoms with Gasteiger partial charge in [-0.05, 0) is 54.9 Å². The number of nitrogens with one attached hydrogen (secondary N) is 2. The van der Waals surface area contributed by atoms with Crippen LogP contribution in [0.5, 0.6) is 5.75 Å². The molecule has 0 unspecified atom stereocenters. The van der Waals surface area contributed by atoms with E-state index in [2.05, 4.69) is 33.1 Å². The largest absolute Gasteiger partial charge is 0.494 e. The number of aromatic nitrogens is 4. The van der Waals surface area contributed by atoms with E-state index in [4.69, 9.17) is 4.74 Å². The number of tetrazole rings is 1. The van der Waals surface area contributed by atoms with Crippen molar-refractivity contribution >= 4 is 11.6 Å². The second-order valence-corrected chi connectivity index (χ2v) is 5.71. The van der Waals surface area contributed by atoms with Crippen molar-refractivity contribution in [3.63, 3.8) is 0 Å². The molecule has 122 valence electrons. The van der Waals surface area contributed by atoms with Crippen LogP contribution in [0.2, 0.25) is 0 Å². The smallest absolute Gasteiger partial charge is 0.227 e. The number of amides is 1. The first-order valence-electron chi connectivity index (χ1n) is 7.63. The first-order chi connectivity index (χ1) is 11.2. The van der Waals surface area contributed by atoms with Gasteiger partial charge in [0.1, 0.15) is 17.8 Å². The molecule has 3 rings (SSSR count). The van der Waals surface area contributed by atoms with E-state index >= 15 is 0 Å². The Bertz CT molecular complexity index is 673. The third-order valence-electron chi connectivity index (χ3n) is 4.04. The first-order valence-corrected chi connectivity index (χ1v) is 7.63. The predicted octanol–water partition coefficient (Wildman–Crippen LogP) is 0.997. The van der Waals surface area contributed by atoms with Crippen LogP contribution < -0.4 is 15.4 Å². The Morgan fingerprint density at radius 1 is 1.48 bits per heavy atom. The van der Waals surface area contributed by atoms with E-state index in [9.17, 15) is 4.79 Å². The van der Waals surface area contributed by atoms with E-state index in [1.165, 1.54) is 11.0 Å². The summed E-state index contributed by atoms with van der Waals surface area (Å²) in [5.41, 5.74) is 1.38.